The van der Waals surface area contributed by atoms with Gasteiger partial charge in [-0.2, -0.15) is 13.2 Å². The molecule has 0 atom stereocenters. The van der Waals surface area contributed by atoms with Crippen molar-refractivity contribution >= 4 is 28.7 Å². The quantitative estimate of drug-likeness (QED) is 0.190. The smallest absolute Gasteiger partial charge is 0.416 e. The number of aromatic nitrogens is 1. The number of carbonyl (C=O) groups is 1. The molecule has 2 amide bonds. The van der Waals surface area contributed by atoms with Crippen LogP contribution in [-0.4, -0.2) is 35.8 Å². The third-order valence-corrected chi connectivity index (χ3v) is 7.59. The first kappa shape index (κ1) is 31.2. The normalized spacial score (nSPS) is 14.4. The molecule has 0 N–H and O–H groups in total. The summed E-state index contributed by atoms with van der Waals surface area (Å²) in [7, 11) is 0. The fourth-order valence-electron chi connectivity index (χ4n) is 5.22. The van der Waals surface area contributed by atoms with Crippen molar-refractivity contribution in [2.45, 2.75) is 38.9 Å². The molecule has 0 aliphatic carbocycles. The molecule has 7 nitrogen and oxygen atoms in total. The highest BCUT2D eigenvalue weighted by molar-refractivity contribution is 8.93. The number of alkyl halides is 3. The van der Waals surface area contributed by atoms with Gasteiger partial charge in [-0.15, -0.1) is 17.0 Å². The van der Waals surface area contributed by atoms with Crippen LogP contribution in [0.2, 0.25) is 0 Å². The molecule has 4 aromatic rings. The van der Waals surface area contributed by atoms with E-state index in [2.05, 4.69) is 4.98 Å². The van der Waals surface area contributed by atoms with Crippen LogP contribution in [0.5, 0.6) is 23.1 Å². The molecule has 2 aliphatic rings. The lowest BCUT2D eigenvalue weighted by Gasteiger charge is -2.36. The number of hydrogen-bond donors (Lipinski definition) is 0. The van der Waals surface area contributed by atoms with Crippen molar-refractivity contribution in [1.82, 2.24) is 9.88 Å². The molecule has 3 aromatic carbocycles. The number of benzene rings is 3. The Morgan fingerprint density at radius 2 is 1.59 bits per heavy atom. The molecule has 0 radical (unpaired) electrons. The lowest BCUT2D eigenvalue weighted by Crippen LogP contribution is -2.49. The maximum Gasteiger partial charge on any atom is 0.416 e. The van der Waals surface area contributed by atoms with Crippen LogP contribution in [-0.2, 0) is 25.6 Å². The lowest BCUT2D eigenvalue weighted by atomic mass is 10.0. The van der Waals surface area contributed by atoms with E-state index in [1.165, 1.54) is 12.1 Å². The minimum absolute atomic E-state index is 0. The molecule has 0 saturated carbocycles. The van der Waals surface area contributed by atoms with E-state index in [1.54, 1.807) is 17.2 Å². The van der Waals surface area contributed by atoms with Gasteiger partial charge >= 0.3 is 12.2 Å². The van der Waals surface area contributed by atoms with Gasteiger partial charge in [0.15, 0.2) is 11.5 Å². The van der Waals surface area contributed by atoms with Gasteiger partial charge in [0.25, 0.3) is 0 Å². The topological polar surface area (TPSA) is 64.1 Å². The first-order valence-electron chi connectivity index (χ1n) is 14.1. The van der Waals surface area contributed by atoms with Gasteiger partial charge in [-0.1, -0.05) is 24.3 Å². The van der Waals surface area contributed by atoms with E-state index in [-0.39, 0.29) is 29.8 Å². The average molecular weight is 671 g/mol. The fourth-order valence-corrected chi connectivity index (χ4v) is 5.22. The molecular weight excluding hydrogens is 639 g/mol. The maximum atomic E-state index is 13.4. The third-order valence-electron chi connectivity index (χ3n) is 7.59. The SMILES string of the molecule is Br.Cc1cc(N2CCCN(Cc3ccc4c(c3)OCO4)C2=O)ccc1Oc1ccc(CCc2ccc(C(F)(F)F)cc2)cn1. The number of nitrogens with zero attached hydrogens (tertiary/aromatic N) is 3. The number of carbonyl (C=O) groups excluding carboxylic acids is 1. The van der Waals surface area contributed by atoms with Crippen molar-refractivity contribution in [3.63, 3.8) is 0 Å². The second-order valence-electron chi connectivity index (χ2n) is 10.6. The van der Waals surface area contributed by atoms with Gasteiger partial charge in [-0.05, 0) is 90.9 Å². The van der Waals surface area contributed by atoms with Crippen molar-refractivity contribution in [3.05, 3.63) is 107 Å². The molecule has 230 valence electrons. The van der Waals surface area contributed by atoms with E-state index >= 15 is 0 Å². The number of hydrogen-bond acceptors (Lipinski definition) is 5. The Bertz CT molecular complexity index is 1610. The molecule has 0 unspecified atom stereocenters. The number of aryl methyl sites for hydroxylation is 3. The summed E-state index contributed by atoms with van der Waals surface area (Å²) in [6.45, 7) is 3.93. The Morgan fingerprint density at radius 1 is 0.864 bits per heavy atom. The van der Waals surface area contributed by atoms with Crippen LogP contribution >= 0.6 is 17.0 Å². The summed E-state index contributed by atoms with van der Waals surface area (Å²) < 4.78 is 55.2. The Balaban J connectivity index is 0.00000384. The average Bonchev–Trinajstić information content (AvgIpc) is 3.47. The van der Waals surface area contributed by atoms with Crippen molar-refractivity contribution in [1.29, 1.82) is 0 Å². The number of pyridine rings is 1. The lowest BCUT2D eigenvalue weighted by molar-refractivity contribution is -0.137. The Hall–Kier alpha value is -4.25. The standard InChI is InChI=1S/C33H30F3N3O4.BrH/c1-22-17-27(39-16-2-15-38(32(39)40)20-25-7-12-29-30(18-25)42-21-41-29)11-13-28(22)43-31-14-8-24(19-37-31)4-3-23-5-9-26(10-6-23)33(34,35)36;/h5-14,17-19H,2-4,15-16,20-21H2,1H3;1H. The zero-order valence-corrected chi connectivity index (χ0v) is 25.7. The van der Waals surface area contributed by atoms with E-state index in [9.17, 15) is 18.0 Å². The number of halogens is 4. The summed E-state index contributed by atoms with van der Waals surface area (Å²) in [5, 5.41) is 0. The first-order chi connectivity index (χ1) is 20.7. The summed E-state index contributed by atoms with van der Waals surface area (Å²) >= 11 is 0. The minimum atomic E-state index is -4.33. The maximum absolute atomic E-state index is 13.4. The molecule has 44 heavy (non-hydrogen) atoms. The number of amides is 2. The molecule has 3 heterocycles. The van der Waals surface area contributed by atoms with Crippen molar-refractivity contribution in [2.24, 2.45) is 0 Å². The summed E-state index contributed by atoms with van der Waals surface area (Å²) in [6, 6.07) is 20.3. The van der Waals surface area contributed by atoms with Crippen LogP contribution < -0.4 is 19.1 Å². The Morgan fingerprint density at radius 3 is 2.32 bits per heavy atom. The molecule has 0 spiro atoms. The summed E-state index contributed by atoms with van der Waals surface area (Å²) in [5.41, 5.74) is 3.78. The molecule has 1 fully saturated rings. The largest absolute Gasteiger partial charge is 0.454 e. The third kappa shape index (κ3) is 7.10. The molecule has 11 heteroatoms. The van der Waals surface area contributed by atoms with Gasteiger partial charge in [0.05, 0.1) is 5.56 Å². The molecule has 1 aromatic heterocycles. The zero-order chi connectivity index (χ0) is 30.0. The summed E-state index contributed by atoms with van der Waals surface area (Å²) in [4.78, 5) is 21.4. The highest BCUT2D eigenvalue weighted by Crippen LogP contribution is 2.34. The van der Waals surface area contributed by atoms with Crippen LogP contribution in [0.4, 0.5) is 23.7 Å². The van der Waals surface area contributed by atoms with Gasteiger partial charge < -0.3 is 19.1 Å². The van der Waals surface area contributed by atoms with Crippen molar-refractivity contribution in [3.8, 4) is 23.1 Å². The summed E-state index contributed by atoms with van der Waals surface area (Å²) in [5.74, 6) is 2.48. The summed E-state index contributed by atoms with van der Waals surface area (Å²) in [6.07, 6.45) is -0.530. The molecule has 1 saturated heterocycles. The molecular formula is C33H31BrF3N3O4. The van der Waals surface area contributed by atoms with Gasteiger partial charge in [0.2, 0.25) is 12.7 Å². The number of anilines is 1. The van der Waals surface area contributed by atoms with Gasteiger partial charge in [0.1, 0.15) is 5.75 Å². The zero-order valence-electron chi connectivity index (χ0n) is 24.0. The van der Waals surface area contributed by atoms with Gasteiger partial charge in [-0.25, -0.2) is 9.78 Å². The van der Waals surface area contributed by atoms with E-state index in [0.717, 1.165) is 52.2 Å². The minimum Gasteiger partial charge on any atom is -0.454 e. The van der Waals surface area contributed by atoms with Crippen molar-refractivity contribution in [2.75, 3.05) is 24.8 Å². The van der Waals surface area contributed by atoms with E-state index in [0.29, 0.717) is 49.9 Å². The van der Waals surface area contributed by atoms with Crippen LogP contribution in [0.3, 0.4) is 0 Å². The van der Waals surface area contributed by atoms with Crippen LogP contribution in [0.15, 0.2) is 79.0 Å². The van der Waals surface area contributed by atoms with Crippen LogP contribution in [0, 0.1) is 6.92 Å². The number of urea groups is 1. The number of ether oxygens (including phenoxy) is 3. The fraction of sp³-hybridized carbons (Fsp3) is 0.273. The van der Waals surface area contributed by atoms with Gasteiger partial charge in [0, 0.05) is 37.6 Å². The Kier molecular flexibility index (Phi) is 9.33. The predicted octanol–water partition coefficient (Wildman–Crippen LogP) is 8.13. The highest BCUT2D eigenvalue weighted by Gasteiger charge is 2.30. The van der Waals surface area contributed by atoms with E-state index < -0.39 is 11.7 Å². The van der Waals surface area contributed by atoms with Gasteiger partial charge in [-0.3, -0.25) is 4.90 Å². The second kappa shape index (κ2) is 13.2. The van der Waals surface area contributed by atoms with Crippen molar-refractivity contribution < 1.29 is 32.2 Å². The monoisotopic (exact) mass is 669 g/mol. The first-order valence-corrected chi connectivity index (χ1v) is 14.1. The predicted molar refractivity (Wildman–Crippen MR) is 165 cm³/mol. The molecule has 6 rings (SSSR count). The molecule has 2 aliphatic heterocycles. The number of fused-ring (bicyclic) bond motifs is 1. The number of rotatable bonds is 8. The highest BCUT2D eigenvalue weighted by atomic mass is 79.9. The second-order valence-corrected chi connectivity index (χ2v) is 10.6. The van der Waals surface area contributed by atoms with E-state index in [1.807, 2.05) is 54.3 Å². The van der Waals surface area contributed by atoms with Crippen LogP contribution in [0.25, 0.3) is 0 Å². The van der Waals surface area contributed by atoms with Crippen LogP contribution in [0.1, 0.15) is 34.2 Å². The molecule has 0 bridgehead atoms. The van der Waals surface area contributed by atoms with E-state index in [4.69, 9.17) is 14.2 Å². The Labute approximate surface area is 263 Å².